The number of carbonyl (C=O) groups is 2. The molecule has 1 aliphatic heterocycles. The van der Waals surface area contributed by atoms with Crippen LogP contribution in [0.4, 0.5) is 0 Å². The van der Waals surface area contributed by atoms with E-state index in [-0.39, 0.29) is 11.8 Å². The number of para-hydroxylation sites is 1. The van der Waals surface area contributed by atoms with E-state index >= 15 is 0 Å². The second-order valence-corrected chi connectivity index (χ2v) is 5.47. The monoisotopic (exact) mass is 302 g/mol. The highest BCUT2D eigenvalue weighted by atomic mass is 16.5. The topological polar surface area (TPSA) is 67.4 Å². The van der Waals surface area contributed by atoms with E-state index in [1.807, 2.05) is 31.2 Å². The molecule has 1 unspecified atom stereocenters. The molecule has 1 atom stereocenters. The zero-order valence-electron chi connectivity index (χ0n) is 13.0. The van der Waals surface area contributed by atoms with Crippen molar-refractivity contribution < 1.29 is 14.3 Å². The number of carbonyl (C=O) groups excluding carboxylic acids is 2. The van der Waals surface area contributed by atoms with Gasteiger partial charge in [-0.05, 0) is 37.8 Å². The fraction of sp³-hybridized carbons (Fsp3) is 0.412. The molecule has 0 aliphatic carbocycles. The van der Waals surface area contributed by atoms with Gasteiger partial charge in [-0.15, -0.1) is 0 Å². The highest BCUT2D eigenvalue weighted by Crippen LogP contribution is 2.20. The van der Waals surface area contributed by atoms with Crippen molar-refractivity contribution in [3.05, 3.63) is 41.5 Å². The Hall–Kier alpha value is -2.30. The Balaban J connectivity index is 1.96. The Morgan fingerprint density at radius 3 is 2.95 bits per heavy atom. The van der Waals surface area contributed by atoms with Crippen LogP contribution in [0.3, 0.4) is 0 Å². The number of ether oxygens (including phenoxy) is 1. The number of piperidine rings is 1. The highest BCUT2D eigenvalue weighted by Gasteiger charge is 2.22. The van der Waals surface area contributed by atoms with E-state index < -0.39 is 6.04 Å². The molecule has 2 amide bonds. The fourth-order valence-electron chi connectivity index (χ4n) is 2.55. The van der Waals surface area contributed by atoms with E-state index in [0.29, 0.717) is 19.4 Å². The second-order valence-electron chi connectivity index (χ2n) is 5.47. The van der Waals surface area contributed by atoms with Gasteiger partial charge in [-0.3, -0.25) is 9.59 Å². The fourth-order valence-corrected chi connectivity index (χ4v) is 2.55. The normalized spacial score (nSPS) is 18.5. The van der Waals surface area contributed by atoms with Crippen LogP contribution in [-0.2, 0) is 16.0 Å². The van der Waals surface area contributed by atoms with E-state index in [4.69, 9.17) is 4.74 Å². The van der Waals surface area contributed by atoms with E-state index in [0.717, 1.165) is 23.3 Å². The molecule has 1 fully saturated rings. The predicted molar refractivity (Wildman–Crippen MR) is 84.6 cm³/mol. The minimum Gasteiger partial charge on any atom is -0.496 e. The molecule has 2 rings (SSSR count). The van der Waals surface area contributed by atoms with Crippen LogP contribution in [0, 0.1) is 0 Å². The first-order valence-corrected chi connectivity index (χ1v) is 7.47. The maximum absolute atomic E-state index is 12.0. The van der Waals surface area contributed by atoms with E-state index in [1.165, 1.54) is 0 Å². The van der Waals surface area contributed by atoms with Gasteiger partial charge in [0.1, 0.15) is 11.8 Å². The van der Waals surface area contributed by atoms with Gasteiger partial charge in [0, 0.05) is 12.6 Å². The van der Waals surface area contributed by atoms with Gasteiger partial charge in [0.2, 0.25) is 11.8 Å². The van der Waals surface area contributed by atoms with Crippen LogP contribution in [0.5, 0.6) is 5.75 Å². The van der Waals surface area contributed by atoms with Gasteiger partial charge in [-0.2, -0.15) is 0 Å². The number of allylic oxidation sites excluding steroid dienone is 1. The van der Waals surface area contributed by atoms with Crippen LogP contribution in [-0.4, -0.2) is 31.5 Å². The van der Waals surface area contributed by atoms with Crippen LogP contribution in [0.25, 0.3) is 0 Å². The van der Waals surface area contributed by atoms with Crippen molar-refractivity contribution in [3.63, 3.8) is 0 Å². The maximum Gasteiger partial charge on any atom is 0.244 e. The first-order valence-electron chi connectivity index (χ1n) is 7.47. The van der Waals surface area contributed by atoms with Gasteiger partial charge in [0.05, 0.1) is 7.11 Å². The van der Waals surface area contributed by atoms with Gasteiger partial charge in [0.15, 0.2) is 0 Å². The molecule has 0 radical (unpaired) electrons. The lowest BCUT2D eigenvalue weighted by molar-refractivity contribution is -0.128. The Morgan fingerprint density at radius 2 is 2.23 bits per heavy atom. The van der Waals surface area contributed by atoms with Crippen LogP contribution in [0.1, 0.15) is 25.3 Å². The molecule has 1 aromatic carbocycles. The number of rotatable bonds is 5. The first kappa shape index (κ1) is 16.1. The summed E-state index contributed by atoms with van der Waals surface area (Å²) in [5.41, 5.74) is 1.94. The molecular weight excluding hydrogens is 280 g/mol. The Kier molecular flexibility index (Phi) is 5.58. The van der Waals surface area contributed by atoms with Crippen molar-refractivity contribution in [3.8, 4) is 5.75 Å². The Bertz CT molecular complexity index is 581. The molecule has 22 heavy (non-hydrogen) atoms. The summed E-state index contributed by atoms with van der Waals surface area (Å²) in [7, 11) is 1.63. The van der Waals surface area contributed by atoms with Crippen molar-refractivity contribution in [2.24, 2.45) is 0 Å². The average molecular weight is 302 g/mol. The van der Waals surface area contributed by atoms with E-state index in [9.17, 15) is 9.59 Å². The van der Waals surface area contributed by atoms with Crippen molar-refractivity contribution in [1.82, 2.24) is 10.6 Å². The summed E-state index contributed by atoms with van der Waals surface area (Å²) in [4.78, 5) is 23.6. The first-order chi connectivity index (χ1) is 10.6. The van der Waals surface area contributed by atoms with Gasteiger partial charge in [-0.25, -0.2) is 0 Å². The lowest BCUT2D eigenvalue weighted by Gasteiger charge is -2.22. The zero-order valence-corrected chi connectivity index (χ0v) is 13.0. The smallest absolute Gasteiger partial charge is 0.244 e. The third-order valence-electron chi connectivity index (χ3n) is 3.64. The van der Waals surface area contributed by atoms with Gasteiger partial charge < -0.3 is 15.4 Å². The second kappa shape index (κ2) is 7.64. The van der Waals surface area contributed by atoms with Crippen LogP contribution < -0.4 is 15.4 Å². The molecule has 0 aromatic heterocycles. The zero-order chi connectivity index (χ0) is 15.9. The lowest BCUT2D eigenvalue weighted by atomic mass is 10.0. The number of hydrogen-bond donors (Lipinski definition) is 2. The van der Waals surface area contributed by atoms with Crippen molar-refractivity contribution in [2.45, 2.75) is 32.2 Å². The summed E-state index contributed by atoms with van der Waals surface area (Å²) < 4.78 is 5.31. The third-order valence-corrected chi connectivity index (χ3v) is 3.64. The molecule has 1 saturated heterocycles. The standard InChI is InChI=1S/C17H22N2O3/c1-12(10-13-6-3-4-8-15(13)22-2)11-16(20)19-14-7-5-9-18-17(14)21/h3-4,6,8,11,14H,5,7,9-10H2,1-2H3,(H,18,21)(H,19,20)/b12-11+. The molecule has 0 bridgehead atoms. The SMILES string of the molecule is COc1ccccc1C/C(C)=C/C(=O)NC1CCCNC1=O. The quantitative estimate of drug-likeness (QED) is 0.812. The van der Waals surface area contributed by atoms with Gasteiger partial charge in [-0.1, -0.05) is 23.8 Å². The Morgan fingerprint density at radius 1 is 1.45 bits per heavy atom. The molecule has 5 nitrogen and oxygen atoms in total. The van der Waals surface area contributed by atoms with E-state index in [2.05, 4.69) is 10.6 Å². The predicted octanol–water partition coefficient (Wildman–Crippen LogP) is 1.58. The number of benzene rings is 1. The van der Waals surface area contributed by atoms with Crippen LogP contribution >= 0.6 is 0 Å². The summed E-state index contributed by atoms with van der Waals surface area (Å²) in [6, 6.07) is 7.31. The largest absolute Gasteiger partial charge is 0.496 e. The minimum absolute atomic E-state index is 0.101. The van der Waals surface area contributed by atoms with Crippen molar-refractivity contribution >= 4 is 11.8 Å². The molecule has 1 aliphatic rings. The molecule has 0 saturated carbocycles. The van der Waals surface area contributed by atoms with Crippen molar-refractivity contribution in [1.29, 1.82) is 0 Å². The summed E-state index contributed by atoms with van der Waals surface area (Å²) in [6.45, 7) is 2.58. The molecular formula is C17H22N2O3. The number of nitrogens with one attached hydrogen (secondary N) is 2. The average Bonchev–Trinajstić information content (AvgIpc) is 2.50. The van der Waals surface area contributed by atoms with E-state index in [1.54, 1.807) is 13.2 Å². The lowest BCUT2D eigenvalue weighted by Crippen LogP contribution is -2.49. The highest BCUT2D eigenvalue weighted by molar-refractivity contribution is 5.93. The van der Waals surface area contributed by atoms with Gasteiger partial charge >= 0.3 is 0 Å². The number of hydrogen-bond acceptors (Lipinski definition) is 3. The van der Waals surface area contributed by atoms with Crippen LogP contribution in [0.15, 0.2) is 35.9 Å². The summed E-state index contributed by atoms with van der Waals surface area (Å²) >= 11 is 0. The van der Waals surface area contributed by atoms with Crippen LogP contribution in [0.2, 0.25) is 0 Å². The molecule has 0 spiro atoms. The molecule has 118 valence electrons. The third kappa shape index (κ3) is 4.35. The van der Waals surface area contributed by atoms with Gasteiger partial charge in [0.25, 0.3) is 0 Å². The molecule has 2 N–H and O–H groups in total. The number of methoxy groups -OCH3 is 1. The van der Waals surface area contributed by atoms with Crippen molar-refractivity contribution in [2.75, 3.05) is 13.7 Å². The summed E-state index contributed by atoms with van der Waals surface area (Å²) in [6.07, 6.45) is 3.76. The summed E-state index contributed by atoms with van der Waals surface area (Å²) in [5.74, 6) is 0.479. The maximum atomic E-state index is 12.0. The Labute approximate surface area is 130 Å². The number of amides is 2. The molecule has 1 heterocycles. The molecule has 1 aromatic rings. The molecule has 5 heteroatoms. The summed E-state index contributed by atoms with van der Waals surface area (Å²) in [5, 5.41) is 5.51. The minimum atomic E-state index is -0.420.